The van der Waals surface area contributed by atoms with Crippen LogP contribution in [0, 0.1) is 6.92 Å². The topological polar surface area (TPSA) is 105 Å². The first kappa shape index (κ1) is 21.6. The Labute approximate surface area is 165 Å². The first-order valence-corrected chi connectivity index (χ1v) is 8.35. The molecule has 10 heteroatoms. The molecule has 9 nitrogen and oxygen atoms in total. The lowest BCUT2D eigenvalue weighted by molar-refractivity contribution is -0.119. The third kappa shape index (κ3) is 6.77. The van der Waals surface area contributed by atoms with Gasteiger partial charge in [0.1, 0.15) is 18.2 Å². The van der Waals surface area contributed by atoms with Crippen LogP contribution in [0.25, 0.3) is 0 Å². The van der Waals surface area contributed by atoms with Crippen molar-refractivity contribution in [1.82, 2.24) is 30.7 Å². The first-order valence-electron chi connectivity index (χ1n) is 8.35. The molecule has 2 rings (SSSR count). The Morgan fingerprint density at radius 1 is 1.44 bits per heavy atom. The van der Waals surface area contributed by atoms with E-state index in [2.05, 4.69) is 31.0 Å². The molecule has 0 saturated carbocycles. The summed E-state index contributed by atoms with van der Waals surface area (Å²) in [5, 5.41) is 13.7. The molecule has 1 aromatic heterocycles. The van der Waals surface area contributed by atoms with Gasteiger partial charge in [0, 0.05) is 26.7 Å². The number of carbonyl (C=O) groups is 1. The van der Waals surface area contributed by atoms with Crippen molar-refractivity contribution in [2.75, 3.05) is 33.4 Å². The van der Waals surface area contributed by atoms with Gasteiger partial charge < -0.3 is 20.7 Å². The van der Waals surface area contributed by atoms with Crippen LogP contribution in [0.5, 0.6) is 0 Å². The van der Waals surface area contributed by atoms with Crippen LogP contribution in [0.1, 0.15) is 37.5 Å². The Hall–Kier alpha value is -1.43. The molecule has 1 aromatic rings. The van der Waals surface area contributed by atoms with Crippen LogP contribution in [0.2, 0.25) is 0 Å². The van der Waals surface area contributed by atoms with Crippen LogP contribution < -0.4 is 16.0 Å². The van der Waals surface area contributed by atoms with E-state index >= 15 is 0 Å². The highest BCUT2D eigenvalue weighted by Crippen LogP contribution is 2.22. The lowest BCUT2D eigenvalue weighted by Crippen LogP contribution is -2.42. The maximum atomic E-state index is 11.8. The van der Waals surface area contributed by atoms with Gasteiger partial charge in [0.2, 0.25) is 5.91 Å². The predicted molar refractivity (Wildman–Crippen MR) is 106 cm³/mol. The summed E-state index contributed by atoms with van der Waals surface area (Å²) in [6.45, 7) is 6.54. The number of aryl methyl sites for hydroxylation is 2. The molecule has 1 amide bonds. The van der Waals surface area contributed by atoms with Gasteiger partial charge in [0.15, 0.2) is 5.96 Å². The number of amides is 1. The van der Waals surface area contributed by atoms with E-state index in [1.807, 2.05) is 18.5 Å². The number of nitrogens with one attached hydrogen (secondary N) is 3. The number of fused-ring (bicyclic) bond motifs is 1. The molecule has 0 radical (unpaired) electrons. The summed E-state index contributed by atoms with van der Waals surface area (Å²) in [5.74, 6) is 2.18. The maximum Gasteiger partial charge on any atom is 0.241 e. The molecule has 2 heterocycles. The number of hydrogen-bond donors (Lipinski definition) is 3. The van der Waals surface area contributed by atoms with Crippen molar-refractivity contribution in [1.29, 1.82) is 0 Å². The number of methoxy groups -OCH3 is 1. The fourth-order valence-corrected chi connectivity index (χ4v) is 2.59. The number of carbonyl (C=O) groups excluding carboxylic acids is 1. The maximum absolute atomic E-state index is 11.8. The summed E-state index contributed by atoms with van der Waals surface area (Å²) in [7, 11) is 1.60. The van der Waals surface area contributed by atoms with Gasteiger partial charge in [-0.15, -0.1) is 24.0 Å². The monoisotopic (exact) mass is 465 g/mol. The molecule has 1 atom stereocenters. The number of aliphatic imine (C=N–C) groups is 1. The normalized spacial score (nSPS) is 16.6. The molecule has 0 saturated heterocycles. The van der Waals surface area contributed by atoms with Crippen molar-refractivity contribution in [3.8, 4) is 0 Å². The third-order valence-electron chi connectivity index (χ3n) is 3.64. The predicted octanol–water partition coefficient (Wildman–Crippen LogP) is 0.357. The molecule has 142 valence electrons. The highest BCUT2D eigenvalue weighted by Gasteiger charge is 2.24. The lowest BCUT2D eigenvalue weighted by Gasteiger charge is -2.24. The van der Waals surface area contributed by atoms with Crippen molar-refractivity contribution in [2.24, 2.45) is 4.99 Å². The Kier molecular flexibility index (Phi) is 9.71. The van der Waals surface area contributed by atoms with Crippen molar-refractivity contribution >= 4 is 35.8 Å². The van der Waals surface area contributed by atoms with E-state index in [1.54, 1.807) is 7.11 Å². The zero-order valence-corrected chi connectivity index (χ0v) is 17.4. The van der Waals surface area contributed by atoms with Gasteiger partial charge in [-0.3, -0.25) is 4.79 Å². The van der Waals surface area contributed by atoms with E-state index in [1.165, 1.54) is 0 Å². The van der Waals surface area contributed by atoms with Crippen LogP contribution in [-0.4, -0.2) is 60.0 Å². The summed E-state index contributed by atoms with van der Waals surface area (Å²) < 4.78 is 6.84. The van der Waals surface area contributed by atoms with Crippen LogP contribution >= 0.6 is 24.0 Å². The van der Waals surface area contributed by atoms with Gasteiger partial charge in [-0.25, -0.2) is 14.7 Å². The molecule has 1 aliphatic heterocycles. The smallest absolute Gasteiger partial charge is 0.241 e. The number of nitrogens with zero attached hydrogens (tertiary/aromatic N) is 4. The van der Waals surface area contributed by atoms with Crippen molar-refractivity contribution in [2.45, 2.75) is 39.3 Å². The molecule has 3 N–H and O–H groups in total. The average molecular weight is 465 g/mol. The molecule has 1 unspecified atom stereocenters. The van der Waals surface area contributed by atoms with Gasteiger partial charge in [-0.05, 0) is 26.7 Å². The minimum Gasteiger partial charge on any atom is -0.383 e. The van der Waals surface area contributed by atoms with Crippen molar-refractivity contribution in [3.05, 3.63) is 11.6 Å². The average Bonchev–Trinajstić information content (AvgIpc) is 2.94. The fraction of sp³-hybridized carbons (Fsp3) is 0.733. The molecule has 0 spiro atoms. The van der Waals surface area contributed by atoms with E-state index in [0.717, 1.165) is 37.6 Å². The van der Waals surface area contributed by atoms with E-state index in [0.29, 0.717) is 19.1 Å². The van der Waals surface area contributed by atoms with Gasteiger partial charge in [-0.1, -0.05) is 0 Å². The Bertz CT molecular complexity index is 576. The van der Waals surface area contributed by atoms with Gasteiger partial charge in [0.25, 0.3) is 0 Å². The zero-order valence-electron chi connectivity index (χ0n) is 15.0. The summed E-state index contributed by atoms with van der Waals surface area (Å²) in [5.41, 5.74) is 0. The van der Waals surface area contributed by atoms with Crippen LogP contribution in [-0.2, 0) is 16.1 Å². The zero-order chi connectivity index (χ0) is 17.4. The number of aromatic nitrogens is 3. The van der Waals surface area contributed by atoms with Gasteiger partial charge >= 0.3 is 0 Å². The first-order chi connectivity index (χ1) is 11.6. The highest BCUT2D eigenvalue weighted by atomic mass is 127. The van der Waals surface area contributed by atoms with Gasteiger partial charge in [0.05, 0.1) is 12.6 Å². The number of rotatable bonds is 7. The summed E-state index contributed by atoms with van der Waals surface area (Å²) in [6.07, 6.45) is 1.99. The fourth-order valence-electron chi connectivity index (χ4n) is 2.59. The van der Waals surface area contributed by atoms with Crippen molar-refractivity contribution in [3.63, 3.8) is 0 Å². The number of guanidine groups is 1. The van der Waals surface area contributed by atoms with E-state index in [9.17, 15) is 4.79 Å². The lowest BCUT2D eigenvalue weighted by atomic mass is 10.1. The summed E-state index contributed by atoms with van der Waals surface area (Å²) >= 11 is 0. The molecule has 0 fully saturated rings. The SMILES string of the molecule is CCNC(=NCC(=O)NCCOC)NC1CCCn2nc(C)nc21.I. The van der Waals surface area contributed by atoms with Crippen LogP contribution in [0.4, 0.5) is 0 Å². The van der Waals surface area contributed by atoms with Crippen LogP contribution in [0.15, 0.2) is 4.99 Å². The molecular weight excluding hydrogens is 437 g/mol. The second-order valence-corrected chi connectivity index (χ2v) is 5.62. The van der Waals surface area contributed by atoms with E-state index < -0.39 is 0 Å². The quantitative estimate of drug-likeness (QED) is 0.233. The largest absolute Gasteiger partial charge is 0.383 e. The number of halogens is 1. The van der Waals surface area contributed by atoms with E-state index in [-0.39, 0.29) is 42.5 Å². The number of hydrogen-bond acceptors (Lipinski definition) is 5. The minimum absolute atomic E-state index is 0. The highest BCUT2D eigenvalue weighted by molar-refractivity contribution is 14.0. The molecule has 0 aromatic carbocycles. The second-order valence-electron chi connectivity index (χ2n) is 5.62. The Balaban J connectivity index is 0.00000312. The molecule has 25 heavy (non-hydrogen) atoms. The minimum atomic E-state index is -0.132. The standard InChI is InChI=1S/C15H27N7O2.HI/c1-4-16-15(18-10-13(23)17-7-9-24-3)20-12-6-5-8-22-14(12)19-11(2)21-22;/h12H,4-10H2,1-3H3,(H,17,23)(H2,16,18,20);1H. The third-order valence-corrected chi connectivity index (χ3v) is 3.64. The van der Waals surface area contributed by atoms with Crippen molar-refractivity contribution < 1.29 is 9.53 Å². The molecular formula is C15H28IN7O2. The molecule has 1 aliphatic rings. The molecule has 0 bridgehead atoms. The summed E-state index contributed by atoms with van der Waals surface area (Å²) in [6, 6.07) is 0.0503. The summed E-state index contributed by atoms with van der Waals surface area (Å²) in [4.78, 5) is 20.6. The second kappa shape index (κ2) is 11.2. The van der Waals surface area contributed by atoms with Crippen LogP contribution in [0.3, 0.4) is 0 Å². The van der Waals surface area contributed by atoms with E-state index in [4.69, 9.17) is 4.74 Å². The van der Waals surface area contributed by atoms with Gasteiger partial charge in [-0.2, -0.15) is 5.10 Å². The Morgan fingerprint density at radius 3 is 2.96 bits per heavy atom. The molecule has 0 aliphatic carbocycles. The number of ether oxygens (including phenoxy) is 1. The Morgan fingerprint density at radius 2 is 2.24 bits per heavy atom.